The topological polar surface area (TPSA) is 55.4 Å². The van der Waals surface area contributed by atoms with E-state index in [0.29, 0.717) is 0 Å². The van der Waals surface area contributed by atoms with Gasteiger partial charge in [-0.05, 0) is 43.7 Å². The number of nitrogens with zero attached hydrogens (tertiary/aromatic N) is 3. The van der Waals surface area contributed by atoms with Crippen LogP contribution in [0.15, 0.2) is 41.3 Å². The number of pyridine rings is 1. The number of fused-ring (bicyclic) bond motifs is 1. The Morgan fingerprint density at radius 1 is 1.39 bits per heavy atom. The van der Waals surface area contributed by atoms with E-state index in [4.69, 9.17) is 4.42 Å². The highest BCUT2D eigenvalue weighted by Crippen LogP contribution is 2.20. The third-order valence-corrected chi connectivity index (χ3v) is 2.86. The Bertz CT molecular complexity index is 657. The molecule has 0 amide bonds. The molecule has 0 aromatic carbocycles. The quantitative estimate of drug-likeness (QED) is 0.767. The fourth-order valence-electron chi connectivity index (χ4n) is 1.99. The molecule has 1 N–H and O–H groups in total. The number of hydrogen-bond acceptors (Lipinski definition) is 4. The summed E-state index contributed by atoms with van der Waals surface area (Å²) in [5.74, 6) is 1.80. The average molecular weight is 242 g/mol. The van der Waals surface area contributed by atoms with Gasteiger partial charge in [-0.1, -0.05) is 0 Å². The van der Waals surface area contributed by atoms with Gasteiger partial charge < -0.3 is 9.73 Å². The zero-order valence-corrected chi connectivity index (χ0v) is 10.3. The normalized spacial score (nSPS) is 12.8. The molecule has 0 spiro atoms. The SMILES string of the molecule is Cc1cc(NC(C)c2ccco2)n2ncnc2c1. The molecular weight excluding hydrogens is 228 g/mol. The number of rotatable bonds is 3. The van der Waals surface area contributed by atoms with Crippen molar-refractivity contribution in [3.63, 3.8) is 0 Å². The summed E-state index contributed by atoms with van der Waals surface area (Å²) in [6.45, 7) is 4.08. The van der Waals surface area contributed by atoms with Crippen molar-refractivity contribution in [3.05, 3.63) is 48.2 Å². The van der Waals surface area contributed by atoms with Gasteiger partial charge in [0.2, 0.25) is 0 Å². The molecule has 5 nitrogen and oxygen atoms in total. The minimum absolute atomic E-state index is 0.0780. The van der Waals surface area contributed by atoms with Crippen molar-refractivity contribution >= 4 is 11.5 Å². The van der Waals surface area contributed by atoms with Crippen LogP contribution >= 0.6 is 0 Å². The van der Waals surface area contributed by atoms with Crippen LogP contribution in [-0.2, 0) is 0 Å². The van der Waals surface area contributed by atoms with E-state index in [2.05, 4.69) is 15.4 Å². The van der Waals surface area contributed by atoms with Crippen molar-refractivity contribution in [2.75, 3.05) is 5.32 Å². The zero-order chi connectivity index (χ0) is 12.5. The highest BCUT2D eigenvalue weighted by Gasteiger charge is 2.11. The largest absolute Gasteiger partial charge is 0.467 e. The molecule has 0 aliphatic heterocycles. The molecule has 92 valence electrons. The molecule has 0 radical (unpaired) electrons. The van der Waals surface area contributed by atoms with Crippen molar-refractivity contribution in [1.82, 2.24) is 14.6 Å². The predicted octanol–water partition coefficient (Wildman–Crippen LogP) is 2.80. The standard InChI is InChI=1S/C13H14N4O/c1-9-6-12-14-8-15-17(12)13(7-9)16-10(2)11-4-3-5-18-11/h3-8,10,16H,1-2H3. The fraction of sp³-hybridized carbons (Fsp3) is 0.231. The van der Waals surface area contributed by atoms with Gasteiger partial charge in [0.15, 0.2) is 5.65 Å². The first kappa shape index (κ1) is 10.8. The van der Waals surface area contributed by atoms with Crippen LogP contribution in [0.2, 0.25) is 0 Å². The first-order valence-electron chi connectivity index (χ1n) is 5.84. The lowest BCUT2D eigenvalue weighted by atomic mass is 10.2. The first-order chi connectivity index (χ1) is 8.74. The fourth-order valence-corrected chi connectivity index (χ4v) is 1.99. The Kier molecular flexibility index (Phi) is 2.51. The monoisotopic (exact) mass is 242 g/mol. The number of aromatic nitrogens is 3. The summed E-state index contributed by atoms with van der Waals surface area (Å²) in [6.07, 6.45) is 3.23. The molecule has 0 aliphatic carbocycles. The molecule has 1 unspecified atom stereocenters. The second-order valence-corrected chi connectivity index (χ2v) is 4.33. The van der Waals surface area contributed by atoms with Crippen LogP contribution in [0, 0.1) is 6.92 Å². The van der Waals surface area contributed by atoms with Gasteiger partial charge in [0, 0.05) is 0 Å². The summed E-state index contributed by atoms with van der Waals surface area (Å²) in [4.78, 5) is 4.20. The zero-order valence-electron chi connectivity index (χ0n) is 10.3. The van der Waals surface area contributed by atoms with E-state index >= 15 is 0 Å². The molecule has 5 heteroatoms. The maximum Gasteiger partial charge on any atom is 0.157 e. The lowest BCUT2D eigenvalue weighted by Crippen LogP contribution is -2.10. The Morgan fingerprint density at radius 2 is 2.28 bits per heavy atom. The molecule has 18 heavy (non-hydrogen) atoms. The highest BCUT2D eigenvalue weighted by atomic mass is 16.3. The number of anilines is 1. The van der Waals surface area contributed by atoms with Crippen LogP contribution < -0.4 is 5.32 Å². The highest BCUT2D eigenvalue weighted by molar-refractivity contribution is 5.51. The number of nitrogens with one attached hydrogen (secondary N) is 1. The number of hydrogen-bond donors (Lipinski definition) is 1. The van der Waals surface area contributed by atoms with E-state index in [1.54, 1.807) is 17.1 Å². The predicted molar refractivity (Wildman–Crippen MR) is 68.5 cm³/mol. The lowest BCUT2D eigenvalue weighted by Gasteiger charge is -2.14. The van der Waals surface area contributed by atoms with Crippen LogP contribution in [0.1, 0.15) is 24.3 Å². The summed E-state index contributed by atoms with van der Waals surface area (Å²) < 4.78 is 7.17. The molecule has 0 saturated carbocycles. The molecular formula is C13H14N4O. The third kappa shape index (κ3) is 1.84. The van der Waals surface area contributed by atoms with E-state index in [0.717, 1.165) is 22.8 Å². The van der Waals surface area contributed by atoms with Crippen LogP contribution in [-0.4, -0.2) is 14.6 Å². The summed E-state index contributed by atoms with van der Waals surface area (Å²) >= 11 is 0. The maximum atomic E-state index is 5.38. The first-order valence-corrected chi connectivity index (χ1v) is 5.84. The van der Waals surface area contributed by atoms with Gasteiger partial charge in [0.05, 0.1) is 12.3 Å². The molecule has 0 aliphatic rings. The molecule has 0 fully saturated rings. The third-order valence-electron chi connectivity index (χ3n) is 2.86. The Labute approximate surface area is 104 Å². The van der Waals surface area contributed by atoms with Gasteiger partial charge in [-0.2, -0.15) is 9.61 Å². The molecule has 1 atom stereocenters. The second-order valence-electron chi connectivity index (χ2n) is 4.33. The van der Waals surface area contributed by atoms with Crippen molar-refractivity contribution in [2.24, 2.45) is 0 Å². The van der Waals surface area contributed by atoms with Crippen molar-refractivity contribution in [1.29, 1.82) is 0 Å². The van der Waals surface area contributed by atoms with E-state index < -0.39 is 0 Å². The lowest BCUT2D eigenvalue weighted by molar-refractivity contribution is 0.490. The van der Waals surface area contributed by atoms with Gasteiger partial charge in [0.1, 0.15) is 17.9 Å². The number of furan rings is 1. The Morgan fingerprint density at radius 3 is 3.06 bits per heavy atom. The van der Waals surface area contributed by atoms with Crippen molar-refractivity contribution < 1.29 is 4.42 Å². The minimum Gasteiger partial charge on any atom is -0.467 e. The summed E-state index contributed by atoms with van der Waals surface area (Å²) in [5, 5.41) is 7.59. The van der Waals surface area contributed by atoms with Gasteiger partial charge in [-0.15, -0.1) is 0 Å². The van der Waals surface area contributed by atoms with Gasteiger partial charge in [-0.3, -0.25) is 0 Å². The van der Waals surface area contributed by atoms with Crippen LogP contribution in [0.3, 0.4) is 0 Å². The second kappa shape index (κ2) is 4.18. The van der Waals surface area contributed by atoms with Gasteiger partial charge in [-0.25, -0.2) is 4.98 Å². The van der Waals surface area contributed by atoms with Crippen molar-refractivity contribution in [2.45, 2.75) is 19.9 Å². The van der Waals surface area contributed by atoms with E-state index in [-0.39, 0.29) is 6.04 Å². The van der Waals surface area contributed by atoms with E-state index in [1.165, 1.54) is 0 Å². The van der Waals surface area contributed by atoms with Gasteiger partial charge >= 0.3 is 0 Å². The van der Waals surface area contributed by atoms with Gasteiger partial charge in [0.25, 0.3) is 0 Å². The molecule has 3 aromatic heterocycles. The van der Waals surface area contributed by atoms with Crippen LogP contribution in [0.25, 0.3) is 5.65 Å². The summed E-state index contributed by atoms with van der Waals surface area (Å²) in [5.41, 5.74) is 1.98. The maximum absolute atomic E-state index is 5.38. The Balaban J connectivity index is 1.97. The van der Waals surface area contributed by atoms with E-state index in [1.807, 2.05) is 38.1 Å². The smallest absolute Gasteiger partial charge is 0.157 e. The molecule has 0 saturated heterocycles. The van der Waals surface area contributed by atoms with Crippen LogP contribution in [0.4, 0.5) is 5.82 Å². The average Bonchev–Trinajstić information content (AvgIpc) is 2.98. The van der Waals surface area contributed by atoms with Crippen LogP contribution in [0.5, 0.6) is 0 Å². The molecule has 0 bridgehead atoms. The Hall–Kier alpha value is -2.30. The molecule has 3 rings (SSSR count). The molecule has 3 heterocycles. The van der Waals surface area contributed by atoms with Crippen molar-refractivity contribution in [3.8, 4) is 0 Å². The summed E-state index contributed by atoms with van der Waals surface area (Å²) in [7, 11) is 0. The molecule has 3 aromatic rings. The number of aryl methyl sites for hydroxylation is 1. The van der Waals surface area contributed by atoms with E-state index in [9.17, 15) is 0 Å². The summed E-state index contributed by atoms with van der Waals surface area (Å²) in [6, 6.07) is 7.95. The minimum atomic E-state index is 0.0780.